The first kappa shape index (κ1) is 14.1. The Morgan fingerprint density at radius 2 is 1.85 bits per heavy atom. The van der Waals surface area contributed by atoms with Gasteiger partial charge in [-0.3, -0.25) is 0 Å². The molecule has 0 bridgehead atoms. The quantitative estimate of drug-likeness (QED) is 0.909. The van der Waals surface area contributed by atoms with Crippen molar-refractivity contribution in [2.45, 2.75) is 33.2 Å². The fraction of sp³-hybridized carbons (Fsp3) is 0.294. The molecular formula is C17H19N3. The van der Waals surface area contributed by atoms with Crippen molar-refractivity contribution in [3.05, 3.63) is 58.8 Å². The molecule has 0 aliphatic heterocycles. The number of pyridine rings is 1. The average Bonchev–Trinajstić information content (AvgIpc) is 2.45. The summed E-state index contributed by atoms with van der Waals surface area (Å²) >= 11 is 0. The first-order valence-electron chi connectivity index (χ1n) is 6.80. The SMILES string of the molecule is Cc1ccc(C#N)c(NCc2ccc(C(C)C)cc2)n1. The van der Waals surface area contributed by atoms with Gasteiger partial charge in [-0.05, 0) is 36.1 Å². The second-order valence-corrected chi connectivity index (χ2v) is 5.21. The van der Waals surface area contributed by atoms with Crippen molar-refractivity contribution >= 4 is 5.82 Å². The molecular weight excluding hydrogens is 246 g/mol. The number of aryl methyl sites for hydroxylation is 1. The molecule has 2 rings (SSSR count). The topological polar surface area (TPSA) is 48.7 Å². The normalized spacial score (nSPS) is 10.3. The molecule has 0 aliphatic carbocycles. The summed E-state index contributed by atoms with van der Waals surface area (Å²) in [6.07, 6.45) is 0. The highest BCUT2D eigenvalue weighted by atomic mass is 15.0. The Hall–Kier alpha value is -2.34. The van der Waals surface area contributed by atoms with Crippen molar-refractivity contribution in [1.82, 2.24) is 4.98 Å². The van der Waals surface area contributed by atoms with E-state index in [9.17, 15) is 0 Å². The smallest absolute Gasteiger partial charge is 0.144 e. The molecule has 3 heteroatoms. The van der Waals surface area contributed by atoms with Crippen LogP contribution in [0.5, 0.6) is 0 Å². The molecule has 0 spiro atoms. The highest BCUT2D eigenvalue weighted by molar-refractivity contribution is 5.52. The van der Waals surface area contributed by atoms with Crippen molar-refractivity contribution in [2.75, 3.05) is 5.32 Å². The van der Waals surface area contributed by atoms with Gasteiger partial charge in [0.25, 0.3) is 0 Å². The van der Waals surface area contributed by atoms with Gasteiger partial charge >= 0.3 is 0 Å². The monoisotopic (exact) mass is 265 g/mol. The zero-order valence-corrected chi connectivity index (χ0v) is 12.1. The van der Waals surface area contributed by atoms with Gasteiger partial charge in [-0.15, -0.1) is 0 Å². The van der Waals surface area contributed by atoms with Crippen LogP contribution < -0.4 is 5.32 Å². The highest BCUT2D eigenvalue weighted by Gasteiger charge is 2.04. The highest BCUT2D eigenvalue weighted by Crippen LogP contribution is 2.17. The van der Waals surface area contributed by atoms with E-state index in [-0.39, 0.29) is 0 Å². The third kappa shape index (κ3) is 3.36. The zero-order valence-electron chi connectivity index (χ0n) is 12.1. The summed E-state index contributed by atoms with van der Waals surface area (Å²) in [5, 5.41) is 12.3. The number of anilines is 1. The molecule has 0 saturated heterocycles. The number of aromatic nitrogens is 1. The molecule has 20 heavy (non-hydrogen) atoms. The first-order valence-corrected chi connectivity index (χ1v) is 6.80. The van der Waals surface area contributed by atoms with E-state index in [2.05, 4.69) is 54.5 Å². The molecule has 0 aliphatic rings. The molecule has 0 fully saturated rings. The molecule has 0 saturated carbocycles. The standard InChI is InChI=1S/C17H19N3/c1-12(2)15-8-5-14(6-9-15)11-19-17-16(10-18)7-4-13(3)20-17/h4-9,12H,11H2,1-3H3,(H,19,20). The predicted octanol–water partition coefficient (Wildman–Crippen LogP) is 4.00. The fourth-order valence-corrected chi connectivity index (χ4v) is 1.99. The third-order valence-corrected chi connectivity index (χ3v) is 3.26. The molecule has 1 heterocycles. The van der Waals surface area contributed by atoms with Crippen LogP contribution in [-0.4, -0.2) is 4.98 Å². The second kappa shape index (κ2) is 6.21. The Kier molecular flexibility index (Phi) is 4.37. The van der Waals surface area contributed by atoms with Crippen LogP contribution in [0.1, 0.15) is 42.1 Å². The van der Waals surface area contributed by atoms with Crippen LogP contribution in [-0.2, 0) is 6.54 Å². The van der Waals surface area contributed by atoms with Crippen molar-refractivity contribution in [3.8, 4) is 6.07 Å². The molecule has 1 N–H and O–H groups in total. The van der Waals surface area contributed by atoms with Crippen molar-refractivity contribution in [3.63, 3.8) is 0 Å². The van der Waals surface area contributed by atoms with Gasteiger partial charge in [0.15, 0.2) is 0 Å². The number of benzene rings is 1. The number of nitrogens with one attached hydrogen (secondary N) is 1. The third-order valence-electron chi connectivity index (χ3n) is 3.26. The molecule has 1 aromatic heterocycles. The van der Waals surface area contributed by atoms with Crippen LogP contribution in [0, 0.1) is 18.3 Å². The molecule has 1 aromatic carbocycles. The van der Waals surface area contributed by atoms with Crippen LogP contribution in [0.4, 0.5) is 5.82 Å². The number of rotatable bonds is 4. The lowest BCUT2D eigenvalue weighted by atomic mass is 10.0. The predicted molar refractivity (Wildman–Crippen MR) is 81.5 cm³/mol. The maximum absolute atomic E-state index is 9.07. The molecule has 0 radical (unpaired) electrons. The Morgan fingerprint density at radius 1 is 1.15 bits per heavy atom. The van der Waals surface area contributed by atoms with Crippen molar-refractivity contribution in [2.24, 2.45) is 0 Å². The summed E-state index contributed by atoms with van der Waals surface area (Å²) in [4.78, 5) is 4.37. The summed E-state index contributed by atoms with van der Waals surface area (Å²) in [5.41, 5.74) is 4.00. The van der Waals surface area contributed by atoms with Crippen LogP contribution in [0.25, 0.3) is 0 Å². The molecule has 0 unspecified atom stereocenters. The number of nitriles is 1. The first-order chi connectivity index (χ1) is 9.60. The lowest BCUT2D eigenvalue weighted by molar-refractivity contribution is 0.865. The Bertz CT molecular complexity index is 622. The van der Waals surface area contributed by atoms with Crippen molar-refractivity contribution in [1.29, 1.82) is 5.26 Å². The van der Waals surface area contributed by atoms with Gasteiger partial charge in [0.1, 0.15) is 11.9 Å². The van der Waals surface area contributed by atoms with Crippen LogP contribution in [0.3, 0.4) is 0 Å². The van der Waals surface area contributed by atoms with Gasteiger partial charge in [0, 0.05) is 12.2 Å². The molecule has 2 aromatic rings. The lowest BCUT2D eigenvalue weighted by Gasteiger charge is -2.10. The number of nitrogens with zero attached hydrogens (tertiary/aromatic N) is 2. The van der Waals surface area contributed by atoms with E-state index in [1.807, 2.05) is 13.0 Å². The summed E-state index contributed by atoms with van der Waals surface area (Å²) in [5.74, 6) is 1.20. The van der Waals surface area contributed by atoms with E-state index in [1.54, 1.807) is 6.07 Å². The van der Waals surface area contributed by atoms with E-state index in [0.29, 0.717) is 23.8 Å². The zero-order chi connectivity index (χ0) is 14.5. The summed E-state index contributed by atoms with van der Waals surface area (Å²) in [6, 6.07) is 14.3. The Morgan fingerprint density at radius 3 is 2.45 bits per heavy atom. The van der Waals surface area contributed by atoms with Crippen LogP contribution in [0.15, 0.2) is 36.4 Å². The van der Waals surface area contributed by atoms with E-state index in [1.165, 1.54) is 11.1 Å². The lowest BCUT2D eigenvalue weighted by Crippen LogP contribution is -2.04. The van der Waals surface area contributed by atoms with Gasteiger partial charge in [-0.2, -0.15) is 5.26 Å². The van der Waals surface area contributed by atoms with Crippen LogP contribution in [0.2, 0.25) is 0 Å². The largest absolute Gasteiger partial charge is 0.365 e. The average molecular weight is 265 g/mol. The summed E-state index contributed by atoms with van der Waals surface area (Å²) in [6.45, 7) is 6.96. The van der Waals surface area contributed by atoms with E-state index < -0.39 is 0 Å². The number of hydrogen-bond acceptors (Lipinski definition) is 3. The molecule has 3 nitrogen and oxygen atoms in total. The fourth-order valence-electron chi connectivity index (χ4n) is 1.99. The van der Waals surface area contributed by atoms with Gasteiger partial charge in [0.05, 0.1) is 5.56 Å². The minimum Gasteiger partial charge on any atom is -0.365 e. The minimum absolute atomic E-state index is 0.542. The van der Waals surface area contributed by atoms with Crippen molar-refractivity contribution < 1.29 is 0 Å². The maximum atomic E-state index is 9.07. The molecule has 0 amide bonds. The Labute approximate surface area is 120 Å². The van der Waals surface area contributed by atoms with E-state index >= 15 is 0 Å². The van der Waals surface area contributed by atoms with Gasteiger partial charge in [-0.1, -0.05) is 38.1 Å². The van der Waals surface area contributed by atoms with E-state index in [4.69, 9.17) is 5.26 Å². The molecule has 0 atom stereocenters. The summed E-state index contributed by atoms with van der Waals surface area (Å²) in [7, 11) is 0. The van der Waals surface area contributed by atoms with Gasteiger partial charge < -0.3 is 5.32 Å². The summed E-state index contributed by atoms with van der Waals surface area (Å²) < 4.78 is 0. The number of hydrogen-bond donors (Lipinski definition) is 1. The van der Waals surface area contributed by atoms with Gasteiger partial charge in [0.2, 0.25) is 0 Å². The van der Waals surface area contributed by atoms with Gasteiger partial charge in [-0.25, -0.2) is 4.98 Å². The second-order valence-electron chi connectivity index (χ2n) is 5.21. The maximum Gasteiger partial charge on any atom is 0.144 e. The molecule has 102 valence electrons. The Balaban J connectivity index is 2.09. The van der Waals surface area contributed by atoms with E-state index in [0.717, 1.165) is 5.69 Å². The minimum atomic E-state index is 0.542. The van der Waals surface area contributed by atoms with Crippen LogP contribution >= 0.6 is 0 Å².